The van der Waals surface area contributed by atoms with Crippen LogP contribution >= 0.6 is 0 Å². The van der Waals surface area contributed by atoms with Crippen LogP contribution in [0.4, 0.5) is 0 Å². The van der Waals surface area contributed by atoms with Crippen molar-refractivity contribution in [2.75, 3.05) is 13.2 Å². The van der Waals surface area contributed by atoms with Gasteiger partial charge in [0, 0.05) is 24.9 Å². The zero-order chi connectivity index (χ0) is 31.1. The average Bonchev–Trinajstić information content (AvgIpc) is 3.05. The first-order chi connectivity index (χ1) is 21.4. The largest absolute Gasteiger partial charge is 0.484 e. The van der Waals surface area contributed by atoms with E-state index in [9.17, 15) is 19.2 Å². The Morgan fingerprint density at radius 1 is 0.977 bits per heavy atom. The highest BCUT2D eigenvalue weighted by Gasteiger charge is 2.24. The molecule has 228 valence electrons. The highest BCUT2D eigenvalue weighted by Crippen LogP contribution is 2.23. The first kappa shape index (κ1) is 31.6. The quantitative estimate of drug-likeness (QED) is 0.111. The van der Waals surface area contributed by atoms with Gasteiger partial charge in [-0.05, 0) is 47.7 Å². The number of hydrazone groups is 1. The van der Waals surface area contributed by atoms with Crippen LogP contribution in [-0.2, 0) is 25.7 Å². The Bertz CT molecular complexity index is 1490. The number of carbonyl (C=O) groups excluding carboxylic acids is 4. The number of cyclic esters (lactones) is 1. The molecule has 1 aliphatic rings. The summed E-state index contributed by atoms with van der Waals surface area (Å²) in [6, 6.07) is 23.0. The topological polar surface area (TPSA) is 147 Å². The van der Waals surface area contributed by atoms with Crippen LogP contribution in [0.25, 0.3) is 0 Å². The van der Waals surface area contributed by atoms with Crippen molar-refractivity contribution in [3.8, 4) is 5.75 Å². The van der Waals surface area contributed by atoms with Crippen molar-refractivity contribution in [1.82, 2.24) is 15.8 Å². The summed E-state index contributed by atoms with van der Waals surface area (Å²) in [6.07, 6.45) is 6.55. The van der Waals surface area contributed by atoms with Gasteiger partial charge in [0.25, 0.3) is 11.8 Å². The van der Waals surface area contributed by atoms with Crippen molar-refractivity contribution in [2.24, 2.45) is 5.10 Å². The number of carbonyl (C=O) groups is 4. The zero-order valence-corrected chi connectivity index (χ0v) is 24.1. The molecule has 44 heavy (non-hydrogen) atoms. The molecule has 0 radical (unpaired) electrons. The highest BCUT2D eigenvalue weighted by atomic mass is 16.5. The summed E-state index contributed by atoms with van der Waals surface area (Å²) in [5, 5.41) is 12.6. The van der Waals surface area contributed by atoms with Crippen molar-refractivity contribution in [2.45, 2.75) is 38.3 Å². The van der Waals surface area contributed by atoms with Gasteiger partial charge in [-0.15, -0.1) is 0 Å². The SMILES string of the molecule is O=C(COc1cccc(C(=O)N/N=C/c2ccc(CN3C[C@H](c4ccccc4)OC(=O)CC/C=C/CCC3=O)cc2)c1)NO. The molecule has 0 spiro atoms. The molecular weight excluding hydrogens is 564 g/mol. The van der Waals surface area contributed by atoms with Gasteiger partial charge in [0.15, 0.2) is 6.61 Å². The first-order valence-corrected chi connectivity index (χ1v) is 14.2. The number of allylic oxidation sites excluding steroid dienone is 2. The normalized spacial score (nSPS) is 16.8. The van der Waals surface area contributed by atoms with Crippen molar-refractivity contribution < 1.29 is 33.9 Å². The summed E-state index contributed by atoms with van der Waals surface area (Å²) in [4.78, 5) is 51.1. The van der Waals surface area contributed by atoms with Gasteiger partial charge in [-0.2, -0.15) is 5.10 Å². The van der Waals surface area contributed by atoms with E-state index in [0.29, 0.717) is 25.8 Å². The third-order valence-electron chi connectivity index (χ3n) is 6.71. The maximum atomic E-state index is 13.2. The van der Waals surface area contributed by atoms with Gasteiger partial charge >= 0.3 is 5.97 Å². The molecule has 0 fully saturated rings. The Kier molecular flexibility index (Phi) is 11.8. The molecule has 11 heteroatoms. The lowest BCUT2D eigenvalue weighted by atomic mass is 10.1. The molecule has 0 saturated heterocycles. The molecule has 11 nitrogen and oxygen atoms in total. The van der Waals surface area contributed by atoms with Crippen molar-refractivity contribution in [3.05, 3.63) is 113 Å². The fraction of sp³-hybridized carbons (Fsp3) is 0.242. The third kappa shape index (κ3) is 9.92. The Balaban J connectivity index is 1.39. The van der Waals surface area contributed by atoms with E-state index >= 15 is 0 Å². The Morgan fingerprint density at radius 3 is 2.48 bits per heavy atom. The van der Waals surface area contributed by atoms with Crippen molar-refractivity contribution >= 4 is 29.9 Å². The Labute approximate surface area is 255 Å². The second-order valence-electron chi connectivity index (χ2n) is 10.0. The highest BCUT2D eigenvalue weighted by molar-refractivity contribution is 5.95. The zero-order valence-electron chi connectivity index (χ0n) is 24.1. The van der Waals surface area contributed by atoms with Gasteiger partial charge in [0.2, 0.25) is 5.91 Å². The molecule has 0 saturated carbocycles. The number of ether oxygens (including phenoxy) is 2. The number of hydrogen-bond donors (Lipinski definition) is 3. The van der Waals surface area contributed by atoms with Gasteiger partial charge < -0.3 is 14.4 Å². The molecule has 0 aliphatic carbocycles. The molecule has 3 aromatic rings. The van der Waals surface area contributed by atoms with Gasteiger partial charge in [-0.1, -0.05) is 72.8 Å². The van der Waals surface area contributed by atoms with Crippen LogP contribution in [-0.4, -0.2) is 53.2 Å². The standard InChI is InChI=1S/C33H34N4O7/c38-30(36-42)23-43-28-12-8-11-27(19-28)33(41)35-34-20-24-15-17-25(18-16-24)21-37-22-29(26-9-4-3-5-10-26)44-32(40)14-7-2-1-6-13-31(37)39/h1-5,8-12,15-20,29,42H,6-7,13-14,21-23H2,(H,35,41)(H,36,38)/b2-1+,34-20+/t29-/m1/s1. The number of amides is 3. The first-order valence-electron chi connectivity index (χ1n) is 14.2. The van der Waals surface area contributed by atoms with E-state index in [0.717, 1.165) is 16.7 Å². The lowest BCUT2D eigenvalue weighted by Crippen LogP contribution is -2.35. The predicted molar refractivity (Wildman–Crippen MR) is 162 cm³/mol. The smallest absolute Gasteiger partial charge is 0.306 e. The number of nitrogens with zero attached hydrogens (tertiary/aromatic N) is 2. The van der Waals surface area contributed by atoms with Gasteiger partial charge in [-0.3, -0.25) is 24.4 Å². The van der Waals surface area contributed by atoms with Gasteiger partial charge in [-0.25, -0.2) is 10.9 Å². The number of benzene rings is 3. The van der Waals surface area contributed by atoms with Crippen LogP contribution in [0, 0.1) is 0 Å². The van der Waals surface area contributed by atoms with Crippen molar-refractivity contribution in [1.29, 1.82) is 0 Å². The van der Waals surface area contributed by atoms with Gasteiger partial charge in [0.05, 0.1) is 12.8 Å². The molecule has 1 heterocycles. The number of rotatable bonds is 9. The minimum atomic E-state index is -0.722. The summed E-state index contributed by atoms with van der Waals surface area (Å²) >= 11 is 0. The average molecular weight is 599 g/mol. The summed E-state index contributed by atoms with van der Waals surface area (Å²) in [7, 11) is 0. The molecule has 0 bridgehead atoms. The molecule has 3 N–H and O–H groups in total. The Morgan fingerprint density at radius 2 is 1.73 bits per heavy atom. The Hall–Kier alpha value is -5.29. The number of hydroxylamine groups is 1. The molecule has 0 aromatic heterocycles. The van der Waals surface area contributed by atoms with Crippen molar-refractivity contribution in [3.63, 3.8) is 0 Å². The minimum absolute atomic E-state index is 0.0355. The number of esters is 1. The summed E-state index contributed by atoms with van der Waals surface area (Å²) in [5.41, 5.74) is 6.62. The molecule has 4 rings (SSSR count). The minimum Gasteiger partial charge on any atom is -0.484 e. The van der Waals surface area contributed by atoms with Gasteiger partial charge in [0.1, 0.15) is 11.9 Å². The van der Waals surface area contributed by atoms with Crippen LogP contribution in [0.15, 0.2) is 96.1 Å². The number of nitrogens with one attached hydrogen (secondary N) is 2. The fourth-order valence-corrected chi connectivity index (χ4v) is 4.42. The molecule has 1 aliphatic heterocycles. The third-order valence-corrected chi connectivity index (χ3v) is 6.71. The molecule has 3 aromatic carbocycles. The van der Waals surface area contributed by atoms with Crippen LogP contribution in [0.3, 0.4) is 0 Å². The maximum absolute atomic E-state index is 13.2. The molecule has 1 atom stereocenters. The van der Waals surface area contributed by atoms with E-state index in [1.807, 2.05) is 66.7 Å². The van der Waals surface area contributed by atoms with E-state index in [1.54, 1.807) is 23.1 Å². The van der Waals surface area contributed by atoms with E-state index in [1.165, 1.54) is 17.8 Å². The van der Waals surface area contributed by atoms with E-state index in [2.05, 4.69) is 10.5 Å². The van der Waals surface area contributed by atoms with Crippen LogP contribution in [0.1, 0.15) is 58.8 Å². The van der Waals surface area contributed by atoms with Crippen LogP contribution in [0.5, 0.6) is 5.75 Å². The number of hydrogen-bond acceptors (Lipinski definition) is 8. The lowest BCUT2D eigenvalue weighted by molar-refractivity contribution is -0.152. The monoisotopic (exact) mass is 598 g/mol. The van der Waals surface area contributed by atoms with E-state index < -0.39 is 24.5 Å². The fourth-order valence-electron chi connectivity index (χ4n) is 4.42. The summed E-state index contributed by atoms with van der Waals surface area (Å²) < 4.78 is 11.0. The maximum Gasteiger partial charge on any atom is 0.306 e. The van der Waals surface area contributed by atoms with Crippen LogP contribution < -0.4 is 15.6 Å². The molecule has 3 amide bonds. The predicted octanol–water partition coefficient (Wildman–Crippen LogP) is 4.08. The van der Waals surface area contributed by atoms with Crippen LogP contribution in [0.2, 0.25) is 0 Å². The van der Waals surface area contributed by atoms with E-state index in [4.69, 9.17) is 14.7 Å². The summed E-state index contributed by atoms with van der Waals surface area (Å²) in [5.74, 6) is -1.26. The lowest BCUT2D eigenvalue weighted by Gasteiger charge is -2.28. The molecular formula is C33H34N4O7. The second kappa shape index (κ2) is 16.4. The second-order valence-corrected chi connectivity index (χ2v) is 10.0. The summed E-state index contributed by atoms with van der Waals surface area (Å²) in [6.45, 7) is 0.157. The van der Waals surface area contributed by atoms with E-state index in [-0.39, 0.29) is 36.2 Å². The molecule has 0 unspecified atom stereocenters.